The number of carbonyl (C=O) groups excluding carboxylic acids is 3. The molecule has 178 valence electrons. The summed E-state index contributed by atoms with van der Waals surface area (Å²) in [5, 5.41) is 15.3. The zero-order valence-electron chi connectivity index (χ0n) is 19.8. The summed E-state index contributed by atoms with van der Waals surface area (Å²) in [6.45, 7) is 8.69. The van der Waals surface area contributed by atoms with Gasteiger partial charge in [0, 0.05) is 12.6 Å². The van der Waals surface area contributed by atoms with Crippen molar-refractivity contribution in [2.45, 2.75) is 58.8 Å². The molecule has 2 aromatic carbocycles. The van der Waals surface area contributed by atoms with Gasteiger partial charge in [-0.25, -0.2) is 4.79 Å². The fraction of sp³-hybridized carbons (Fsp3) is 0.400. The van der Waals surface area contributed by atoms with Crippen LogP contribution in [0.2, 0.25) is 0 Å². The number of nitrogens with zero attached hydrogens (tertiary/aromatic N) is 1. The number of phenols is 1. The Morgan fingerprint density at radius 3 is 2.24 bits per heavy atom. The molecule has 1 unspecified atom stereocenters. The van der Waals surface area contributed by atoms with Crippen molar-refractivity contribution in [1.82, 2.24) is 15.5 Å². The van der Waals surface area contributed by atoms with Crippen LogP contribution in [0.25, 0.3) is 0 Å². The summed E-state index contributed by atoms with van der Waals surface area (Å²) in [6.07, 6.45) is -0.720. The van der Waals surface area contributed by atoms with Gasteiger partial charge < -0.3 is 25.4 Å². The van der Waals surface area contributed by atoms with Crippen molar-refractivity contribution in [3.8, 4) is 5.75 Å². The highest BCUT2D eigenvalue weighted by atomic mass is 16.6. The highest BCUT2D eigenvalue weighted by molar-refractivity contribution is 5.90. The van der Waals surface area contributed by atoms with Crippen molar-refractivity contribution in [1.29, 1.82) is 0 Å². The van der Waals surface area contributed by atoms with Crippen molar-refractivity contribution in [3.05, 3.63) is 65.7 Å². The summed E-state index contributed by atoms with van der Waals surface area (Å²) < 4.78 is 5.19. The number of hydrogen-bond donors (Lipinski definition) is 3. The molecule has 33 heavy (non-hydrogen) atoms. The first-order chi connectivity index (χ1) is 15.5. The molecule has 3 N–H and O–H groups in total. The Kier molecular flexibility index (Phi) is 8.85. The number of alkyl carbamates (subject to hydrolysis) is 1. The Balaban J connectivity index is 2.26. The predicted molar refractivity (Wildman–Crippen MR) is 125 cm³/mol. The first-order valence-corrected chi connectivity index (χ1v) is 10.9. The van der Waals surface area contributed by atoms with E-state index in [0.29, 0.717) is 5.56 Å². The molecular weight excluding hydrogens is 422 g/mol. The molecule has 2 aromatic rings. The molecule has 8 nitrogen and oxygen atoms in total. The second kappa shape index (κ2) is 11.4. The number of nitrogens with one attached hydrogen (secondary N) is 2. The number of aromatic hydroxyl groups is 1. The van der Waals surface area contributed by atoms with E-state index in [-0.39, 0.29) is 24.9 Å². The average Bonchev–Trinajstić information content (AvgIpc) is 2.73. The summed E-state index contributed by atoms with van der Waals surface area (Å²) >= 11 is 0. The van der Waals surface area contributed by atoms with Gasteiger partial charge in [0.15, 0.2) is 0 Å². The van der Waals surface area contributed by atoms with Crippen LogP contribution < -0.4 is 10.6 Å². The Labute approximate surface area is 194 Å². The summed E-state index contributed by atoms with van der Waals surface area (Å²) in [6, 6.07) is 14.3. The number of amides is 3. The molecule has 1 atom stereocenters. The minimum absolute atomic E-state index is 0.0172. The Bertz CT molecular complexity index is 954. The van der Waals surface area contributed by atoms with E-state index < -0.39 is 29.6 Å². The molecule has 0 aliphatic carbocycles. The number of carbonyl (C=O) groups is 3. The van der Waals surface area contributed by atoms with Gasteiger partial charge in [-0.1, -0.05) is 42.5 Å². The Hall–Kier alpha value is -3.55. The standard InChI is InChI=1S/C25H33N3O5/c1-17(2)28(21(30)16-27-24(32)33-25(3,4)5)22(19-12-9-13-20(29)14-19)23(31)26-15-18-10-7-6-8-11-18/h6-14,17,22,29H,15-16H2,1-5H3,(H,26,31)(H,27,32). The molecule has 8 heteroatoms. The molecule has 0 saturated carbocycles. The van der Waals surface area contributed by atoms with E-state index in [2.05, 4.69) is 10.6 Å². The monoisotopic (exact) mass is 455 g/mol. The Morgan fingerprint density at radius 2 is 1.67 bits per heavy atom. The number of ether oxygens (including phenoxy) is 1. The molecule has 0 bridgehead atoms. The number of hydrogen-bond acceptors (Lipinski definition) is 5. The van der Waals surface area contributed by atoms with Crippen molar-refractivity contribution in [2.24, 2.45) is 0 Å². The molecule has 3 amide bonds. The number of phenolic OH excluding ortho intramolecular Hbond substituents is 1. The first kappa shape index (κ1) is 25.7. The number of benzene rings is 2. The lowest BCUT2D eigenvalue weighted by atomic mass is 10.0. The van der Waals surface area contributed by atoms with Crippen LogP contribution in [0.1, 0.15) is 51.8 Å². The third kappa shape index (κ3) is 8.14. The Morgan fingerprint density at radius 1 is 1.00 bits per heavy atom. The van der Waals surface area contributed by atoms with E-state index in [1.807, 2.05) is 30.3 Å². The van der Waals surface area contributed by atoms with Crippen LogP contribution in [-0.4, -0.2) is 46.1 Å². The van der Waals surface area contributed by atoms with Gasteiger partial charge in [0.05, 0.1) is 0 Å². The lowest BCUT2D eigenvalue weighted by Gasteiger charge is -2.34. The van der Waals surface area contributed by atoms with Gasteiger partial charge >= 0.3 is 6.09 Å². The molecular formula is C25H33N3O5. The van der Waals surface area contributed by atoms with Gasteiger partial charge in [0.2, 0.25) is 11.8 Å². The molecule has 0 aliphatic rings. The molecule has 0 aromatic heterocycles. The van der Waals surface area contributed by atoms with E-state index in [0.717, 1.165) is 5.56 Å². The lowest BCUT2D eigenvalue weighted by molar-refractivity contribution is -0.142. The second-order valence-corrected chi connectivity index (χ2v) is 8.95. The summed E-state index contributed by atoms with van der Waals surface area (Å²) in [5.41, 5.74) is 0.668. The smallest absolute Gasteiger partial charge is 0.408 e. The minimum atomic E-state index is -1.01. The molecule has 0 radical (unpaired) electrons. The topological polar surface area (TPSA) is 108 Å². The van der Waals surface area contributed by atoms with Crippen LogP contribution in [0.15, 0.2) is 54.6 Å². The largest absolute Gasteiger partial charge is 0.508 e. The molecule has 0 spiro atoms. The van der Waals surface area contributed by atoms with Gasteiger partial charge in [0.1, 0.15) is 23.9 Å². The van der Waals surface area contributed by atoms with Gasteiger partial charge in [-0.05, 0) is 57.9 Å². The zero-order chi connectivity index (χ0) is 24.6. The fourth-order valence-electron chi connectivity index (χ4n) is 3.30. The van der Waals surface area contributed by atoms with Crippen molar-refractivity contribution in [3.63, 3.8) is 0 Å². The molecule has 2 rings (SSSR count). The third-order valence-corrected chi connectivity index (χ3v) is 4.65. The second-order valence-electron chi connectivity index (χ2n) is 8.95. The van der Waals surface area contributed by atoms with E-state index in [4.69, 9.17) is 4.74 Å². The van der Waals surface area contributed by atoms with Crippen LogP contribution >= 0.6 is 0 Å². The van der Waals surface area contributed by atoms with Gasteiger partial charge in [-0.3, -0.25) is 9.59 Å². The molecule has 0 fully saturated rings. The van der Waals surface area contributed by atoms with E-state index in [9.17, 15) is 19.5 Å². The van der Waals surface area contributed by atoms with Gasteiger partial charge in [-0.15, -0.1) is 0 Å². The highest BCUT2D eigenvalue weighted by Crippen LogP contribution is 2.26. The predicted octanol–water partition coefficient (Wildman–Crippen LogP) is 3.51. The number of rotatable bonds is 8. The molecule has 0 heterocycles. The zero-order valence-corrected chi connectivity index (χ0v) is 19.8. The minimum Gasteiger partial charge on any atom is -0.508 e. The SMILES string of the molecule is CC(C)N(C(=O)CNC(=O)OC(C)(C)C)C(C(=O)NCc1ccccc1)c1cccc(O)c1. The van der Waals surface area contributed by atoms with Crippen molar-refractivity contribution < 1.29 is 24.2 Å². The maximum atomic E-state index is 13.3. The van der Waals surface area contributed by atoms with Crippen LogP contribution in [0.4, 0.5) is 4.79 Å². The van der Waals surface area contributed by atoms with Crippen LogP contribution in [0, 0.1) is 0 Å². The summed E-state index contributed by atoms with van der Waals surface area (Å²) in [7, 11) is 0. The summed E-state index contributed by atoms with van der Waals surface area (Å²) in [5.74, 6) is -0.876. The van der Waals surface area contributed by atoms with Crippen molar-refractivity contribution in [2.75, 3.05) is 6.54 Å². The normalized spacial score (nSPS) is 12.1. The fourth-order valence-corrected chi connectivity index (χ4v) is 3.30. The van der Waals surface area contributed by atoms with Crippen LogP contribution in [0.5, 0.6) is 5.75 Å². The van der Waals surface area contributed by atoms with E-state index >= 15 is 0 Å². The highest BCUT2D eigenvalue weighted by Gasteiger charge is 2.33. The maximum absolute atomic E-state index is 13.3. The maximum Gasteiger partial charge on any atom is 0.408 e. The third-order valence-electron chi connectivity index (χ3n) is 4.65. The van der Waals surface area contributed by atoms with E-state index in [1.54, 1.807) is 46.8 Å². The molecule has 0 aliphatic heterocycles. The first-order valence-electron chi connectivity index (χ1n) is 10.9. The van der Waals surface area contributed by atoms with Gasteiger partial charge in [-0.2, -0.15) is 0 Å². The van der Waals surface area contributed by atoms with Crippen LogP contribution in [0.3, 0.4) is 0 Å². The quantitative estimate of drug-likeness (QED) is 0.565. The van der Waals surface area contributed by atoms with Gasteiger partial charge in [0.25, 0.3) is 0 Å². The molecule has 0 saturated heterocycles. The lowest BCUT2D eigenvalue weighted by Crippen LogP contribution is -2.50. The summed E-state index contributed by atoms with van der Waals surface area (Å²) in [4.78, 5) is 39.9. The van der Waals surface area contributed by atoms with E-state index in [1.165, 1.54) is 17.0 Å². The van der Waals surface area contributed by atoms with Crippen LogP contribution in [-0.2, 0) is 20.9 Å². The van der Waals surface area contributed by atoms with Crippen molar-refractivity contribution >= 4 is 17.9 Å². The average molecular weight is 456 g/mol.